The van der Waals surface area contributed by atoms with E-state index in [1.807, 2.05) is 6.92 Å². The van der Waals surface area contributed by atoms with Gasteiger partial charge < -0.3 is 9.47 Å². The molecule has 1 aromatic rings. The molecule has 0 amide bonds. The second-order valence-electron chi connectivity index (χ2n) is 3.83. The number of hydrogen-bond acceptors (Lipinski definition) is 4. The first-order valence-electron chi connectivity index (χ1n) is 5.42. The monoisotopic (exact) mass is 242 g/mol. The second-order valence-corrected chi connectivity index (χ2v) is 4.09. The third kappa shape index (κ3) is 2.83. The summed E-state index contributed by atoms with van der Waals surface area (Å²) in [6.07, 6.45) is 3.71. The number of aryl methyl sites for hydroxylation is 1. The maximum absolute atomic E-state index is 5.74. The minimum atomic E-state index is 0.176. The van der Waals surface area contributed by atoms with Gasteiger partial charge in [-0.15, -0.1) is 11.6 Å². The van der Waals surface area contributed by atoms with E-state index in [4.69, 9.17) is 21.1 Å². The van der Waals surface area contributed by atoms with E-state index >= 15 is 0 Å². The summed E-state index contributed by atoms with van der Waals surface area (Å²) in [7, 11) is 0. The van der Waals surface area contributed by atoms with E-state index in [2.05, 4.69) is 9.97 Å². The smallest absolute Gasteiger partial charge is 0.316 e. The molecule has 0 bridgehead atoms. The van der Waals surface area contributed by atoms with E-state index in [0.717, 1.165) is 37.3 Å². The van der Waals surface area contributed by atoms with Gasteiger partial charge in [0.05, 0.1) is 19.1 Å². The third-order valence-electron chi connectivity index (χ3n) is 2.64. The fourth-order valence-electron chi connectivity index (χ4n) is 1.60. The van der Waals surface area contributed by atoms with Gasteiger partial charge in [-0.1, -0.05) is 0 Å². The average Bonchev–Trinajstić information content (AvgIpc) is 2.31. The van der Waals surface area contributed by atoms with Crippen LogP contribution >= 0.6 is 11.6 Å². The molecule has 1 fully saturated rings. The molecule has 1 saturated heterocycles. The standard InChI is InChI=1S/C11H15ClN2O2/c1-8-9(6-12)7-13-11(14-8)16-10-2-4-15-5-3-10/h7,10H,2-6H2,1H3. The van der Waals surface area contributed by atoms with E-state index in [1.54, 1.807) is 6.20 Å². The van der Waals surface area contributed by atoms with Crippen LogP contribution in [0, 0.1) is 6.92 Å². The molecule has 0 saturated carbocycles. The van der Waals surface area contributed by atoms with Gasteiger partial charge in [0.15, 0.2) is 0 Å². The number of hydrogen-bond donors (Lipinski definition) is 0. The van der Waals surface area contributed by atoms with Gasteiger partial charge in [-0.2, -0.15) is 0 Å². The van der Waals surface area contributed by atoms with Crippen molar-refractivity contribution < 1.29 is 9.47 Å². The van der Waals surface area contributed by atoms with Crippen molar-refractivity contribution in [1.82, 2.24) is 9.97 Å². The molecular formula is C11H15ClN2O2. The molecule has 2 rings (SSSR count). The highest BCUT2D eigenvalue weighted by Crippen LogP contribution is 2.16. The molecule has 0 radical (unpaired) electrons. The maximum Gasteiger partial charge on any atom is 0.316 e. The molecule has 0 N–H and O–H groups in total. The van der Waals surface area contributed by atoms with Crippen molar-refractivity contribution in [3.8, 4) is 6.01 Å². The molecule has 1 aliphatic heterocycles. The summed E-state index contributed by atoms with van der Waals surface area (Å²) in [5.74, 6) is 0.434. The average molecular weight is 243 g/mol. The van der Waals surface area contributed by atoms with Gasteiger partial charge in [-0.3, -0.25) is 0 Å². The van der Waals surface area contributed by atoms with Crippen LogP contribution in [0.15, 0.2) is 6.20 Å². The Labute approximate surface area is 99.9 Å². The quantitative estimate of drug-likeness (QED) is 0.762. The summed E-state index contributed by atoms with van der Waals surface area (Å²) in [6, 6.07) is 0.443. The highest BCUT2D eigenvalue weighted by molar-refractivity contribution is 6.17. The van der Waals surface area contributed by atoms with Gasteiger partial charge in [0, 0.05) is 30.3 Å². The van der Waals surface area contributed by atoms with Crippen molar-refractivity contribution >= 4 is 11.6 Å². The Morgan fingerprint density at radius 2 is 2.25 bits per heavy atom. The van der Waals surface area contributed by atoms with Crippen molar-refractivity contribution in [2.45, 2.75) is 31.7 Å². The van der Waals surface area contributed by atoms with Crippen molar-refractivity contribution in [2.75, 3.05) is 13.2 Å². The van der Waals surface area contributed by atoms with E-state index in [0.29, 0.717) is 11.9 Å². The third-order valence-corrected chi connectivity index (χ3v) is 2.93. The highest BCUT2D eigenvalue weighted by Gasteiger charge is 2.16. The molecule has 5 heteroatoms. The molecule has 0 spiro atoms. The summed E-state index contributed by atoms with van der Waals surface area (Å²) in [5, 5.41) is 0. The minimum Gasteiger partial charge on any atom is -0.460 e. The largest absolute Gasteiger partial charge is 0.460 e. The first-order chi connectivity index (χ1) is 7.79. The summed E-state index contributed by atoms with van der Waals surface area (Å²) in [4.78, 5) is 8.43. The first-order valence-corrected chi connectivity index (χ1v) is 5.96. The Hall–Kier alpha value is -0.870. The number of nitrogens with zero attached hydrogens (tertiary/aromatic N) is 2. The molecule has 2 heterocycles. The van der Waals surface area contributed by atoms with Crippen molar-refractivity contribution in [3.63, 3.8) is 0 Å². The lowest BCUT2D eigenvalue weighted by atomic mass is 10.2. The molecule has 0 aromatic carbocycles. The van der Waals surface area contributed by atoms with Crippen LogP contribution in [0.4, 0.5) is 0 Å². The fraction of sp³-hybridized carbons (Fsp3) is 0.636. The SMILES string of the molecule is Cc1nc(OC2CCOCC2)ncc1CCl. The molecule has 0 unspecified atom stereocenters. The Morgan fingerprint density at radius 3 is 2.88 bits per heavy atom. The summed E-state index contributed by atoms with van der Waals surface area (Å²) >= 11 is 5.74. The van der Waals surface area contributed by atoms with E-state index in [-0.39, 0.29) is 6.10 Å². The molecule has 1 aromatic heterocycles. The Kier molecular flexibility index (Phi) is 3.96. The van der Waals surface area contributed by atoms with Crippen LogP contribution in [0.5, 0.6) is 6.01 Å². The van der Waals surface area contributed by atoms with Crippen molar-refractivity contribution in [1.29, 1.82) is 0 Å². The van der Waals surface area contributed by atoms with Crippen LogP contribution in [0.1, 0.15) is 24.1 Å². The molecule has 88 valence electrons. The van der Waals surface area contributed by atoms with Crippen LogP contribution in [0.25, 0.3) is 0 Å². The van der Waals surface area contributed by atoms with Gasteiger partial charge in [0.1, 0.15) is 6.10 Å². The van der Waals surface area contributed by atoms with Crippen molar-refractivity contribution in [3.05, 3.63) is 17.5 Å². The normalized spacial score (nSPS) is 17.4. The summed E-state index contributed by atoms with van der Waals surface area (Å²) in [6.45, 7) is 3.42. The zero-order chi connectivity index (χ0) is 11.4. The van der Waals surface area contributed by atoms with Gasteiger partial charge in [-0.25, -0.2) is 9.97 Å². The lowest BCUT2D eigenvalue weighted by molar-refractivity contribution is 0.0216. The van der Waals surface area contributed by atoms with E-state index in [1.165, 1.54) is 0 Å². The molecule has 0 atom stereocenters. The van der Waals surface area contributed by atoms with Gasteiger partial charge >= 0.3 is 6.01 Å². The molecule has 1 aliphatic rings. The lowest BCUT2D eigenvalue weighted by Gasteiger charge is -2.22. The van der Waals surface area contributed by atoms with Gasteiger partial charge in [-0.05, 0) is 6.92 Å². The van der Waals surface area contributed by atoms with Crippen LogP contribution in [-0.4, -0.2) is 29.3 Å². The number of halogens is 1. The van der Waals surface area contributed by atoms with Crippen LogP contribution in [-0.2, 0) is 10.6 Å². The zero-order valence-electron chi connectivity index (χ0n) is 9.28. The predicted molar refractivity (Wildman–Crippen MR) is 60.8 cm³/mol. The number of aromatic nitrogens is 2. The second kappa shape index (κ2) is 5.46. The number of rotatable bonds is 3. The zero-order valence-corrected chi connectivity index (χ0v) is 10.0. The van der Waals surface area contributed by atoms with Crippen molar-refractivity contribution in [2.24, 2.45) is 0 Å². The van der Waals surface area contributed by atoms with E-state index in [9.17, 15) is 0 Å². The van der Waals surface area contributed by atoms with Gasteiger partial charge in [0.25, 0.3) is 0 Å². The summed E-state index contributed by atoms with van der Waals surface area (Å²) in [5.41, 5.74) is 1.83. The molecule has 4 nitrogen and oxygen atoms in total. The van der Waals surface area contributed by atoms with Crippen LogP contribution in [0.3, 0.4) is 0 Å². The predicted octanol–water partition coefficient (Wildman–Crippen LogP) is 2.08. The Bertz CT molecular complexity index is 354. The van der Waals surface area contributed by atoms with Crippen LogP contribution in [0.2, 0.25) is 0 Å². The fourth-order valence-corrected chi connectivity index (χ4v) is 1.86. The Morgan fingerprint density at radius 1 is 1.50 bits per heavy atom. The van der Waals surface area contributed by atoms with Crippen LogP contribution < -0.4 is 4.74 Å². The minimum absolute atomic E-state index is 0.176. The first kappa shape index (κ1) is 11.6. The number of ether oxygens (including phenoxy) is 2. The van der Waals surface area contributed by atoms with Gasteiger partial charge in [0.2, 0.25) is 0 Å². The molecular weight excluding hydrogens is 228 g/mol. The molecule has 0 aliphatic carbocycles. The number of alkyl halides is 1. The topological polar surface area (TPSA) is 44.2 Å². The maximum atomic E-state index is 5.74. The van der Waals surface area contributed by atoms with E-state index < -0.39 is 0 Å². The highest BCUT2D eigenvalue weighted by atomic mass is 35.5. The lowest BCUT2D eigenvalue weighted by Crippen LogP contribution is -2.26. The Balaban J connectivity index is 2.01. The summed E-state index contributed by atoms with van der Waals surface area (Å²) < 4.78 is 10.9. The molecule has 16 heavy (non-hydrogen) atoms.